The zero-order chi connectivity index (χ0) is 24.2. The van der Waals surface area contributed by atoms with Crippen LogP contribution in [0.25, 0.3) is 5.65 Å². The average Bonchev–Trinajstić information content (AvgIpc) is 3.24. The van der Waals surface area contributed by atoms with Gasteiger partial charge < -0.3 is 16.0 Å². The van der Waals surface area contributed by atoms with Gasteiger partial charge in [-0.3, -0.25) is 14.5 Å². The summed E-state index contributed by atoms with van der Waals surface area (Å²) in [6, 6.07) is 6.60. The van der Waals surface area contributed by atoms with Gasteiger partial charge in [0, 0.05) is 62.8 Å². The van der Waals surface area contributed by atoms with E-state index in [0.29, 0.717) is 25.0 Å². The van der Waals surface area contributed by atoms with E-state index in [0.717, 1.165) is 55.4 Å². The van der Waals surface area contributed by atoms with E-state index in [1.54, 1.807) is 4.52 Å². The van der Waals surface area contributed by atoms with E-state index in [9.17, 15) is 14.0 Å². The third kappa shape index (κ3) is 5.17. The summed E-state index contributed by atoms with van der Waals surface area (Å²) in [7, 11) is 0. The van der Waals surface area contributed by atoms with Crippen molar-refractivity contribution in [1.29, 1.82) is 0 Å². The lowest BCUT2D eigenvalue weighted by Crippen LogP contribution is -2.48. The normalized spacial score (nSPS) is 14.5. The first kappa shape index (κ1) is 23.6. The first-order chi connectivity index (χ1) is 16.3. The van der Waals surface area contributed by atoms with Crippen LogP contribution in [-0.4, -0.2) is 70.6 Å². The first-order valence-electron chi connectivity index (χ1n) is 11.5. The highest BCUT2D eigenvalue weighted by Gasteiger charge is 2.19. The zero-order valence-corrected chi connectivity index (χ0v) is 19.6. The average molecular weight is 468 g/mol. The van der Waals surface area contributed by atoms with Crippen molar-refractivity contribution in [3.05, 3.63) is 58.8 Å². The first-order valence-corrected chi connectivity index (χ1v) is 11.5. The Hall–Kier alpha value is -3.53. The lowest BCUT2D eigenvalue weighted by atomic mass is 10.1. The highest BCUT2D eigenvalue weighted by atomic mass is 19.1. The smallest absolute Gasteiger partial charge is 0.254 e. The molecule has 0 unspecified atom stereocenters. The number of nitrogens with zero attached hydrogens (tertiary/aromatic N) is 5. The molecular weight excluding hydrogens is 437 g/mol. The van der Waals surface area contributed by atoms with Gasteiger partial charge in [-0.05, 0) is 50.1 Å². The van der Waals surface area contributed by atoms with Gasteiger partial charge in [0.1, 0.15) is 11.4 Å². The van der Waals surface area contributed by atoms with Crippen LogP contribution < -0.4 is 16.0 Å². The van der Waals surface area contributed by atoms with Crippen molar-refractivity contribution in [2.45, 2.75) is 26.7 Å². The van der Waals surface area contributed by atoms with E-state index < -0.39 is 5.91 Å². The molecule has 4 rings (SSSR count). The number of halogens is 1. The molecule has 34 heavy (non-hydrogen) atoms. The second-order valence-electron chi connectivity index (χ2n) is 8.57. The van der Waals surface area contributed by atoms with Gasteiger partial charge in [0.2, 0.25) is 5.91 Å². The van der Waals surface area contributed by atoms with E-state index in [2.05, 4.69) is 25.2 Å². The number of nitrogens with one attached hydrogen (secondary N) is 1. The van der Waals surface area contributed by atoms with Crippen LogP contribution in [0.5, 0.6) is 0 Å². The van der Waals surface area contributed by atoms with Crippen molar-refractivity contribution in [3.8, 4) is 0 Å². The van der Waals surface area contributed by atoms with Gasteiger partial charge in [-0.1, -0.05) is 0 Å². The second kappa shape index (κ2) is 10.2. The molecule has 0 atom stereocenters. The third-order valence-electron chi connectivity index (χ3n) is 6.39. The number of piperazine rings is 1. The quantitative estimate of drug-likeness (QED) is 0.519. The summed E-state index contributed by atoms with van der Waals surface area (Å²) in [6.45, 7) is 8.69. The minimum Gasteiger partial charge on any atom is -0.369 e. The summed E-state index contributed by atoms with van der Waals surface area (Å²) in [5.41, 5.74) is 9.71. The molecule has 1 saturated heterocycles. The molecule has 3 N–H and O–H groups in total. The molecule has 180 valence electrons. The van der Waals surface area contributed by atoms with Crippen LogP contribution in [0.1, 0.15) is 33.7 Å². The van der Waals surface area contributed by atoms with Crippen molar-refractivity contribution in [3.63, 3.8) is 0 Å². The van der Waals surface area contributed by atoms with Crippen molar-refractivity contribution in [1.82, 2.24) is 24.8 Å². The number of aromatic nitrogens is 3. The molecule has 0 radical (unpaired) electrons. The van der Waals surface area contributed by atoms with Crippen molar-refractivity contribution < 1.29 is 14.0 Å². The number of carbonyl (C=O) groups is 2. The fourth-order valence-corrected chi connectivity index (χ4v) is 4.41. The Labute approximate surface area is 197 Å². The second-order valence-corrected chi connectivity index (χ2v) is 8.57. The standard InChI is InChI=1S/C24H30FN7O2/c1-16-20(17(2)32-24(29-16)21(15-28-32)23(26)34)7-8-22(33)27-9-10-30-11-13-31(14-12-30)19-5-3-18(25)4-6-19/h3-6,15H,7-14H2,1-2H3,(H2,26,34)(H,27,33). The number of fused-ring (bicyclic) bond motifs is 1. The molecule has 1 aliphatic heterocycles. The molecule has 2 aromatic heterocycles. The Morgan fingerprint density at radius 2 is 1.82 bits per heavy atom. The minimum atomic E-state index is -0.565. The molecule has 1 aromatic carbocycles. The predicted molar refractivity (Wildman–Crippen MR) is 127 cm³/mol. The Morgan fingerprint density at radius 1 is 1.12 bits per heavy atom. The maximum absolute atomic E-state index is 13.1. The number of hydrogen-bond acceptors (Lipinski definition) is 6. The molecule has 3 heterocycles. The Balaban J connectivity index is 1.23. The van der Waals surface area contributed by atoms with Crippen LogP contribution in [0.15, 0.2) is 30.5 Å². The van der Waals surface area contributed by atoms with Crippen LogP contribution in [0, 0.1) is 19.7 Å². The summed E-state index contributed by atoms with van der Waals surface area (Å²) < 4.78 is 14.7. The molecular formula is C24H30FN7O2. The van der Waals surface area contributed by atoms with Crippen LogP contribution in [-0.2, 0) is 11.2 Å². The van der Waals surface area contributed by atoms with Gasteiger partial charge in [0.25, 0.3) is 5.91 Å². The van der Waals surface area contributed by atoms with Gasteiger partial charge in [0.05, 0.1) is 6.20 Å². The topological polar surface area (TPSA) is 109 Å². The van der Waals surface area contributed by atoms with Gasteiger partial charge in [-0.25, -0.2) is 13.9 Å². The minimum absolute atomic E-state index is 0.0119. The zero-order valence-electron chi connectivity index (χ0n) is 19.6. The van der Waals surface area contributed by atoms with Crippen LogP contribution in [0.2, 0.25) is 0 Å². The van der Waals surface area contributed by atoms with Crippen molar-refractivity contribution >= 4 is 23.1 Å². The van der Waals surface area contributed by atoms with Crippen molar-refractivity contribution in [2.24, 2.45) is 5.73 Å². The number of benzene rings is 1. The molecule has 10 heteroatoms. The number of aryl methyl sites for hydroxylation is 2. The summed E-state index contributed by atoms with van der Waals surface area (Å²) >= 11 is 0. The molecule has 0 spiro atoms. The summed E-state index contributed by atoms with van der Waals surface area (Å²) in [5.74, 6) is -0.800. The Kier molecular flexibility index (Phi) is 7.06. The maximum Gasteiger partial charge on any atom is 0.254 e. The molecule has 1 fully saturated rings. The third-order valence-corrected chi connectivity index (χ3v) is 6.39. The van der Waals surface area contributed by atoms with E-state index in [1.165, 1.54) is 18.3 Å². The number of anilines is 1. The lowest BCUT2D eigenvalue weighted by molar-refractivity contribution is -0.121. The fraction of sp³-hybridized carbons (Fsp3) is 0.417. The van der Waals surface area contributed by atoms with Crippen LogP contribution in [0.4, 0.5) is 10.1 Å². The summed E-state index contributed by atoms with van der Waals surface area (Å²) in [4.78, 5) is 33.0. The molecule has 3 aromatic rings. The molecule has 2 amide bonds. The highest BCUT2D eigenvalue weighted by molar-refractivity contribution is 5.98. The number of amides is 2. The molecule has 9 nitrogen and oxygen atoms in total. The number of nitrogens with two attached hydrogens (primary N) is 1. The summed E-state index contributed by atoms with van der Waals surface area (Å²) in [6.07, 6.45) is 2.30. The van der Waals surface area contributed by atoms with Gasteiger partial charge in [-0.2, -0.15) is 5.10 Å². The molecule has 0 aliphatic carbocycles. The van der Waals surface area contributed by atoms with Crippen molar-refractivity contribution in [2.75, 3.05) is 44.2 Å². The fourth-order valence-electron chi connectivity index (χ4n) is 4.41. The number of hydrogen-bond donors (Lipinski definition) is 2. The highest BCUT2D eigenvalue weighted by Crippen LogP contribution is 2.19. The monoisotopic (exact) mass is 467 g/mol. The lowest BCUT2D eigenvalue weighted by Gasteiger charge is -2.36. The van der Waals surface area contributed by atoms with Crippen LogP contribution >= 0.6 is 0 Å². The number of carbonyl (C=O) groups excluding carboxylic acids is 2. The van der Waals surface area contributed by atoms with E-state index in [-0.39, 0.29) is 17.3 Å². The van der Waals surface area contributed by atoms with Gasteiger partial charge >= 0.3 is 0 Å². The molecule has 0 saturated carbocycles. The largest absolute Gasteiger partial charge is 0.369 e. The SMILES string of the molecule is Cc1nc2c(C(N)=O)cnn2c(C)c1CCC(=O)NCCN1CCN(c2ccc(F)cc2)CC1. The maximum atomic E-state index is 13.1. The van der Waals surface area contributed by atoms with Crippen LogP contribution in [0.3, 0.4) is 0 Å². The number of rotatable bonds is 8. The van der Waals surface area contributed by atoms with Gasteiger partial charge in [0.15, 0.2) is 5.65 Å². The molecule has 1 aliphatic rings. The Bertz CT molecular complexity index is 1180. The van der Waals surface area contributed by atoms with Gasteiger partial charge in [-0.15, -0.1) is 0 Å². The molecule has 0 bridgehead atoms. The summed E-state index contributed by atoms with van der Waals surface area (Å²) in [5, 5.41) is 7.23. The van der Waals surface area contributed by atoms with E-state index in [1.807, 2.05) is 26.0 Å². The number of primary amides is 1. The Morgan fingerprint density at radius 3 is 2.50 bits per heavy atom. The van der Waals surface area contributed by atoms with E-state index in [4.69, 9.17) is 5.73 Å². The van der Waals surface area contributed by atoms with E-state index >= 15 is 0 Å². The predicted octanol–water partition coefficient (Wildman–Crippen LogP) is 1.46.